The predicted octanol–water partition coefficient (Wildman–Crippen LogP) is 20.5. The van der Waals surface area contributed by atoms with Crippen molar-refractivity contribution in [2.24, 2.45) is 0 Å². The highest BCUT2D eigenvalue weighted by Crippen LogP contribution is 2.41. The Morgan fingerprint density at radius 2 is 0.701 bits per heavy atom. The number of nitrogens with zero attached hydrogens (tertiary/aromatic N) is 20. The summed E-state index contributed by atoms with van der Waals surface area (Å²) >= 11 is 20.3. The van der Waals surface area contributed by atoms with Crippen LogP contribution in [0, 0.1) is 6.92 Å². The zero-order valence-electron chi connectivity index (χ0n) is 71.4. The van der Waals surface area contributed by atoms with Crippen molar-refractivity contribution in [3.8, 4) is 67.6 Å². The van der Waals surface area contributed by atoms with Crippen LogP contribution in [0.5, 0.6) is 0 Å². The molecule has 18 aromatic heterocycles. The summed E-state index contributed by atoms with van der Waals surface area (Å²) < 4.78 is 138. The van der Waals surface area contributed by atoms with Gasteiger partial charge in [-0.1, -0.05) is 72.8 Å². The van der Waals surface area contributed by atoms with Gasteiger partial charge < -0.3 is 27.5 Å². The maximum atomic E-state index is 13.0. The molecule has 36 nitrogen and oxygen atoms in total. The lowest BCUT2D eigenvalue weighted by Crippen LogP contribution is -2.26. The predicted molar refractivity (Wildman–Crippen MR) is 532 cm³/mol. The molecule has 690 valence electrons. The molecule has 2 N–H and O–H groups in total. The van der Waals surface area contributed by atoms with Crippen LogP contribution in [0.25, 0.3) is 134 Å². The number of H-pyrrole nitrogens is 2. The van der Waals surface area contributed by atoms with Gasteiger partial charge >= 0.3 is 12.1 Å². The van der Waals surface area contributed by atoms with E-state index in [1.807, 2.05) is 31.2 Å². The molecule has 0 saturated carbocycles. The van der Waals surface area contributed by atoms with E-state index in [1.165, 1.54) is 78.9 Å². The molecule has 0 unspecified atom stereocenters. The van der Waals surface area contributed by atoms with Crippen molar-refractivity contribution in [2.75, 3.05) is 28.2 Å². The molecule has 0 radical (unpaired) electrons. The van der Waals surface area contributed by atoms with Crippen LogP contribution in [0.2, 0.25) is 0 Å². The molecule has 18 heterocycles. The Bertz CT molecular complexity index is 7960. The number of fused-ring (bicyclic) bond motifs is 6. The highest BCUT2D eigenvalue weighted by molar-refractivity contribution is 9.11. The summed E-state index contributed by atoms with van der Waals surface area (Å²) in [5.74, 6) is 2.19. The molecule has 22 rings (SSSR count). The van der Waals surface area contributed by atoms with Crippen molar-refractivity contribution < 1.29 is 60.9 Å². The maximum absolute atomic E-state index is 13.0. The minimum absolute atomic E-state index is 0.168. The zero-order chi connectivity index (χ0) is 96.4. The molecule has 0 aliphatic carbocycles. The number of benzene rings is 4. The van der Waals surface area contributed by atoms with E-state index in [4.69, 9.17) is 17.7 Å². The highest BCUT2D eigenvalue weighted by Gasteiger charge is 2.30. The second-order valence-corrected chi connectivity index (χ2v) is 42.5. The first-order valence-electron chi connectivity index (χ1n) is 40.1. The zero-order valence-corrected chi connectivity index (χ0v) is 84.1. The molecule has 0 atom stereocenters. The Hall–Kier alpha value is -14.1. The van der Waals surface area contributed by atoms with Crippen LogP contribution in [-0.2, 0) is 40.1 Å². The first kappa shape index (κ1) is 94.7. The third-order valence-electron chi connectivity index (χ3n) is 20.6. The molecule has 0 aliphatic heterocycles. The lowest BCUT2D eigenvalue weighted by Gasteiger charge is -2.10. The summed E-state index contributed by atoms with van der Waals surface area (Å²) in [4.78, 5) is 70.2. The Kier molecular flexibility index (Phi) is 27.4. The third kappa shape index (κ3) is 19.4. The maximum Gasteiger partial charge on any atom is 0.329 e. The monoisotopic (exact) mass is 2290 g/mol. The lowest BCUT2D eigenvalue weighted by atomic mass is 10.1. The fourth-order valence-electron chi connectivity index (χ4n) is 14.3. The van der Waals surface area contributed by atoms with E-state index in [-0.39, 0.29) is 31.6 Å². The Morgan fingerprint density at radius 1 is 0.358 bits per heavy atom. The normalized spacial score (nSPS) is 11.6. The van der Waals surface area contributed by atoms with Gasteiger partial charge in [0, 0.05) is 212 Å². The number of carbonyl (C=O) groups is 2. The van der Waals surface area contributed by atoms with E-state index < -0.39 is 40.1 Å². The average molecular weight is 2300 g/mol. The molecule has 0 bridgehead atoms. The van der Waals surface area contributed by atoms with Gasteiger partial charge in [0.05, 0.1) is 56.4 Å². The van der Waals surface area contributed by atoms with Crippen LogP contribution in [-0.4, -0.2) is 179 Å². The standard InChI is InChI=1S/C17H11BrN2O3S.C16H11BrN4O2S.C16H10BrN3O3S.C15H10BrN5O2S.C14H13BrN4O2.C13H11BrN4O2/c18-13-8-15-16(12-6-7-23-11-12)10-20(17(15)19-9-13)24(21,22)14-4-2-1-3-5-14;17-12-6-14-15(11-7-19-20-8-11)10-21(16(14)18-9-12)24(22,23)13-4-2-1-3-5-13;17-11-6-13-14(15-8-18-10-23-15)9-20(16(13)19-7-11)24(21,22)12-4-2-1-3-5-12;16-10-6-12-13(14-18-9-19-20-14)8-21(15(12)17-7-10)24(22,23)11-4-2-1-3-5-11;1-8-12(21-7-17-8)11-6-19(14(20)18(2)3)13-10(11)4-9(15)5-16-13;1-17(2)13(19)18-6-10(11-5-15-7-20-11)9-3-8(14)4-16-12(9)18/h1-11H;1-10H,(H,19,20);1-10H;1-9H,(H,18,19,20);4-7H,1-3H3;3-7H,1-2H3. The summed E-state index contributed by atoms with van der Waals surface area (Å²) in [5, 5.41) is 17.7. The van der Waals surface area contributed by atoms with E-state index in [2.05, 4.69) is 166 Å². The van der Waals surface area contributed by atoms with Crippen molar-refractivity contribution in [1.82, 2.24) is 105 Å². The van der Waals surface area contributed by atoms with Gasteiger partial charge in [0.1, 0.15) is 17.6 Å². The average Bonchev–Trinajstić information content (AvgIpc) is 1.61. The number of aryl methyl sites for hydroxylation is 1. The fraction of sp³-hybridized carbons (Fsp3) is 0.0549. The number of furan rings is 1. The minimum atomic E-state index is -3.77. The summed E-state index contributed by atoms with van der Waals surface area (Å²) in [6.45, 7) is 1.86. The minimum Gasteiger partial charge on any atom is -0.472 e. The topological polar surface area (TPSA) is 446 Å². The van der Waals surface area contributed by atoms with Gasteiger partial charge in [0.15, 0.2) is 64.9 Å². The van der Waals surface area contributed by atoms with Gasteiger partial charge in [-0.25, -0.2) is 109 Å². The lowest BCUT2D eigenvalue weighted by molar-refractivity contribution is 0.219. The summed E-state index contributed by atoms with van der Waals surface area (Å²) in [6.07, 6.45) is 34.3. The van der Waals surface area contributed by atoms with E-state index in [1.54, 1.807) is 261 Å². The second kappa shape index (κ2) is 39.7. The molecule has 0 saturated heterocycles. The number of aromatic nitrogens is 20. The van der Waals surface area contributed by atoms with E-state index in [0.29, 0.717) is 78.9 Å². The van der Waals surface area contributed by atoms with Gasteiger partial charge in [-0.05, 0) is 193 Å². The number of halogens is 6. The molecular formula is C91H66Br6N22O14S4. The fourth-order valence-corrected chi connectivity index (χ4v) is 21.7. The molecular weight excluding hydrogens is 2230 g/mol. The smallest absolute Gasteiger partial charge is 0.329 e. The Morgan fingerprint density at radius 3 is 1.04 bits per heavy atom. The summed E-state index contributed by atoms with van der Waals surface area (Å²) in [6, 6.07) is 45.6. The number of rotatable bonds is 14. The van der Waals surface area contributed by atoms with Gasteiger partial charge in [-0.3, -0.25) is 19.3 Å². The van der Waals surface area contributed by atoms with Crippen LogP contribution in [0.3, 0.4) is 0 Å². The number of amides is 2. The molecule has 0 fully saturated rings. The molecule has 137 heavy (non-hydrogen) atoms. The summed E-state index contributed by atoms with van der Waals surface area (Å²) in [5.41, 5.74) is 9.20. The van der Waals surface area contributed by atoms with Crippen LogP contribution >= 0.6 is 95.6 Å². The molecule has 0 aliphatic rings. The van der Waals surface area contributed by atoms with Crippen LogP contribution in [0.1, 0.15) is 5.69 Å². The number of aromatic amines is 2. The first-order valence-corrected chi connectivity index (χ1v) is 50.6. The van der Waals surface area contributed by atoms with Crippen molar-refractivity contribution >= 4 is 214 Å². The highest BCUT2D eigenvalue weighted by atomic mass is 79.9. The quantitative estimate of drug-likeness (QED) is 0.102. The van der Waals surface area contributed by atoms with Crippen molar-refractivity contribution in [3.05, 3.63) is 334 Å². The van der Waals surface area contributed by atoms with Crippen molar-refractivity contribution in [2.45, 2.75) is 26.5 Å². The van der Waals surface area contributed by atoms with Crippen molar-refractivity contribution in [1.29, 1.82) is 0 Å². The Labute approximate surface area is 828 Å². The molecule has 2 amide bonds. The van der Waals surface area contributed by atoms with Crippen molar-refractivity contribution in [3.63, 3.8) is 0 Å². The molecule has 4 aromatic carbocycles. The van der Waals surface area contributed by atoms with Crippen LogP contribution < -0.4 is 0 Å². The molecule has 0 spiro atoms. The second-order valence-electron chi connectivity index (χ2n) is 29.8. The van der Waals surface area contributed by atoms with E-state index in [0.717, 1.165) is 87.5 Å². The van der Waals surface area contributed by atoms with E-state index >= 15 is 0 Å². The number of hydrogen-bond donors (Lipinski definition) is 2. The van der Waals surface area contributed by atoms with Crippen LogP contribution in [0.15, 0.2) is 365 Å². The number of pyridine rings is 6. The van der Waals surface area contributed by atoms with Gasteiger partial charge in [0.25, 0.3) is 40.1 Å². The van der Waals surface area contributed by atoms with Crippen LogP contribution in [0.4, 0.5) is 9.59 Å². The Balaban J connectivity index is 0.000000114. The first-order chi connectivity index (χ1) is 65.8. The molecule has 22 aromatic rings. The van der Waals surface area contributed by atoms with Gasteiger partial charge in [0.2, 0.25) is 0 Å². The molecule has 46 heteroatoms. The number of carbonyl (C=O) groups excluding carboxylic acids is 2. The van der Waals surface area contributed by atoms with Gasteiger partial charge in [-0.2, -0.15) is 10.2 Å². The third-order valence-corrected chi connectivity index (χ3v) is 29.9. The van der Waals surface area contributed by atoms with E-state index in [9.17, 15) is 43.3 Å². The summed E-state index contributed by atoms with van der Waals surface area (Å²) in [7, 11) is -8.23. The SMILES string of the molecule is CN(C)C(=O)n1cc(-c2cnco2)c2cc(Br)cnc21.Cc1ncoc1-c1cn(C(=O)N(C)C)c2ncc(Br)cc12.O=S(=O)(c1ccccc1)n1cc(-c2ccoc2)c2cc(Br)cnc21.O=S(=O)(c1ccccc1)n1cc(-c2cn[nH]c2)c2cc(Br)cnc21.O=S(=O)(c1ccccc1)n1cc(-c2cnco2)c2cc(Br)cnc21.O=S(=O)(c1ccccc1)n1cc(-c2ncn[nH]2)c2cc(Br)cnc21. The number of oxazole rings is 3. The number of hydrogen-bond acceptors (Lipinski definition) is 26. The number of nitrogens with one attached hydrogen (secondary N) is 2. The largest absolute Gasteiger partial charge is 0.472 e. The van der Waals surface area contributed by atoms with Gasteiger partial charge in [-0.15, -0.1) is 0 Å².